The summed E-state index contributed by atoms with van der Waals surface area (Å²) in [6.07, 6.45) is 12.2. The molecule has 0 radical (unpaired) electrons. The summed E-state index contributed by atoms with van der Waals surface area (Å²) in [6, 6.07) is 9.01. The van der Waals surface area contributed by atoms with Gasteiger partial charge in [-0.25, -0.2) is 8.42 Å². The van der Waals surface area contributed by atoms with Crippen LogP contribution >= 0.6 is 0 Å². The minimum atomic E-state index is -2.97. The van der Waals surface area contributed by atoms with Crippen molar-refractivity contribution in [3.05, 3.63) is 35.4 Å². The van der Waals surface area contributed by atoms with Crippen molar-refractivity contribution in [1.29, 1.82) is 0 Å². The fourth-order valence-electron chi connectivity index (χ4n) is 4.19. The maximum atomic E-state index is 12.4. The molecule has 0 bridgehead atoms. The van der Waals surface area contributed by atoms with Crippen molar-refractivity contribution in [3.8, 4) is 0 Å². The molecule has 0 aliphatic heterocycles. The van der Waals surface area contributed by atoms with Crippen LogP contribution in [0.15, 0.2) is 24.3 Å². The quantitative estimate of drug-likeness (QED) is 0.457. The molecule has 2 nitrogen and oxygen atoms in total. The predicted octanol–water partition coefficient (Wildman–Crippen LogP) is 6.37. The zero-order valence-corrected chi connectivity index (χ0v) is 18.8. The molecule has 1 fully saturated rings. The third kappa shape index (κ3) is 7.25. The Morgan fingerprint density at radius 2 is 1.56 bits per heavy atom. The molecule has 2 rings (SSSR count). The molecule has 0 atom stereocenters. The molecule has 0 heterocycles. The molecular weight excluding hydrogens is 352 g/mol. The highest BCUT2D eigenvalue weighted by molar-refractivity contribution is 7.92. The molecule has 0 saturated heterocycles. The molecule has 0 spiro atoms. The van der Waals surface area contributed by atoms with E-state index in [0.717, 1.165) is 25.2 Å². The Balaban J connectivity index is 1.61. The van der Waals surface area contributed by atoms with E-state index in [1.807, 2.05) is 20.8 Å². The van der Waals surface area contributed by atoms with E-state index in [4.69, 9.17) is 0 Å². The van der Waals surface area contributed by atoms with Crippen LogP contribution in [0.3, 0.4) is 0 Å². The number of sulfone groups is 1. The summed E-state index contributed by atoms with van der Waals surface area (Å²) in [5.41, 5.74) is 2.92. The lowest BCUT2D eigenvalue weighted by molar-refractivity contribution is 0.272. The van der Waals surface area contributed by atoms with E-state index in [2.05, 4.69) is 31.2 Å². The van der Waals surface area contributed by atoms with Crippen LogP contribution < -0.4 is 0 Å². The van der Waals surface area contributed by atoms with E-state index >= 15 is 0 Å². The van der Waals surface area contributed by atoms with Gasteiger partial charge in [0.25, 0.3) is 0 Å². The lowest BCUT2D eigenvalue weighted by Gasteiger charge is -2.30. The third-order valence-electron chi connectivity index (χ3n) is 6.33. The van der Waals surface area contributed by atoms with E-state index in [-0.39, 0.29) is 0 Å². The summed E-state index contributed by atoms with van der Waals surface area (Å²) in [4.78, 5) is 0. The van der Waals surface area contributed by atoms with Crippen LogP contribution in [0, 0.1) is 11.8 Å². The summed E-state index contributed by atoms with van der Waals surface area (Å²) >= 11 is 0. The first-order valence-electron chi connectivity index (χ1n) is 11.0. The number of unbranched alkanes of at least 4 members (excludes halogenated alkanes) is 2. The Hall–Kier alpha value is -0.830. The molecule has 1 aliphatic rings. The van der Waals surface area contributed by atoms with Crippen molar-refractivity contribution < 1.29 is 8.42 Å². The average Bonchev–Trinajstić information content (AvgIpc) is 2.62. The highest BCUT2D eigenvalue weighted by atomic mass is 32.2. The van der Waals surface area contributed by atoms with Gasteiger partial charge >= 0.3 is 0 Å². The van der Waals surface area contributed by atoms with Crippen LogP contribution in [0.5, 0.6) is 0 Å². The van der Waals surface area contributed by atoms with E-state index in [1.165, 1.54) is 56.1 Å². The third-order valence-corrected chi connectivity index (χ3v) is 9.11. The maximum Gasteiger partial charge on any atom is 0.155 e. The smallest absolute Gasteiger partial charge is 0.155 e. The Labute approximate surface area is 168 Å². The Morgan fingerprint density at radius 3 is 2.19 bits per heavy atom. The summed E-state index contributed by atoms with van der Waals surface area (Å²) < 4.78 is 24.2. The molecule has 1 aromatic carbocycles. The summed E-state index contributed by atoms with van der Waals surface area (Å²) in [6.45, 7) is 7.69. The van der Waals surface area contributed by atoms with Gasteiger partial charge in [0, 0.05) is 0 Å². The summed E-state index contributed by atoms with van der Waals surface area (Å²) in [5.74, 6) is 1.60. The van der Waals surface area contributed by atoms with E-state index in [9.17, 15) is 8.42 Å². The van der Waals surface area contributed by atoms with Crippen molar-refractivity contribution in [1.82, 2.24) is 0 Å². The van der Waals surface area contributed by atoms with Crippen LogP contribution in [-0.2, 0) is 22.7 Å². The minimum absolute atomic E-state index is 0.385. The Kier molecular flexibility index (Phi) is 8.39. The molecule has 1 aliphatic carbocycles. The second-order valence-electron chi connectivity index (χ2n) is 9.55. The first-order valence-corrected chi connectivity index (χ1v) is 12.7. The lowest BCUT2D eigenvalue weighted by Crippen LogP contribution is -2.34. The van der Waals surface area contributed by atoms with Crippen LogP contribution in [0.1, 0.15) is 90.2 Å². The monoisotopic (exact) mass is 392 g/mol. The molecule has 0 aromatic heterocycles. The van der Waals surface area contributed by atoms with Crippen molar-refractivity contribution in [2.24, 2.45) is 11.8 Å². The van der Waals surface area contributed by atoms with Gasteiger partial charge in [-0.3, -0.25) is 0 Å². The zero-order valence-electron chi connectivity index (χ0n) is 18.0. The maximum absolute atomic E-state index is 12.4. The largest absolute Gasteiger partial charge is 0.228 e. The van der Waals surface area contributed by atoms with Gasteiger partial charge in [-0.2, -0.15) is 0 Å². The Morgan fingerprint density at radius 1 is 0.926 bits per heavy atom. The molecule has 3 heteroatoms. The SMILES string of the molecule is CCc1cccc(CCCCCC2CCC(CS(=O)(=O)C(C)(C)C)CC2)c1. The molecule has 27 heavy (non-hydrogen) atoms. The topological polar surface area (TPSA) is 34.1 Å². The number of benzene rings is 1. The molecule has 0 amide bonds. The van der Waals surface area contributed by atoms with E-state index in [1.54, 1.807) is 0 Å². The van der Waals surface area contributed by atoms with Crippen molar-refractivity contribution >= 4 is 9.84 Å². The normalized spacial score (nSPS) is 21.3. The standard InChI is InChI=1S/C24H40O2S/c1-5-20-12-9-13-22(18-20)11-8-6-7-10-21-14-16-23(17-15-21)19-27(25,26)24(2,3)4/h9,12-13,18,21,23H,5-8,10-11,14-17,19H2,1-4H3. The van der Waals surface area contributed by atoms with Crippen LogP contribution in [0.4, 0.5) is 0 Å². The average molecular weight is 393 g/mol. The minimum Gasteiger partial charge on any atom is -0.228 e. The van der Waals surface area contributed by atoms with E-state index < -0.39 is 14.6 Å². The first-order chi connectivity index (χ1) is 12.7. The fourth-order valence-corrected chi connectivity index (χ4v) is 5.65. The molecule has 0 unspecified atom stereocenters. The summed E-state index contributed by atoms with van der Waals surface area (Å²) in [5, 5.41) is 0. The number of rotatable bonds is 9. The molecule has 0 N–H and O–H groups in total. The van der Waals surface area contributed by atoms with Crippen molar-refractivity contribution in [3.63, 3.8) is 0 Å². The molecule has 154 valence electrons. The van der Waals surface area contributed by atoms with Gasteiger partial charge in [-0.05, 0) is 75.8 Å². The number of hydrogen-bond donors (Lipinski definition) is 0. The molecule has 1 saturated carbocycles. The highest BCUT2D eigenvalue weighted by Gasteiger charge is 2.33. The van der Waals surface area contributed by atoms with Crippen molar-refractivity contribution in [2.45, 2.75) is 96.7 Å². The van der Waals surface area contributed by atoms with Gasteiger partial charge in [0.1, 0.15) is 0 Å². The van der Waals surface area contributed by atoms with E-state index in [0.29, 0.717) is 11.7 Å². The second-order valence-corrected chi connectivity index (χ2v) is 12.3. The van der Waals surface area contributed by atoms with Gasteiger partial charge in [0.05, 0.1) is 10.5 Å². The second kappa shape index (κ2) is 10.1. The van der Waals surface area contributed by atoms with Gasteiger partial charge in [-0.1, -0.05) is 63.3 Å². The molecule has 1 aromatic rings. The van der Waals surface area contributed by atoms with Crippen LogP contribution in [0.2, 0.25) is 0 Å². The fraction of sp³-hybridized carbons (Fsp3) is 0.750. The number of aryl methyl sites for hydroxylation is 2. The lowest BCUT2D eigenvalue weighted by atomic mass is 9.80. The van der Waals surface area contributed by atoms with Gasteiger partial charge < -0.3 is 0 Å². The predicted molar refractivity (Wildman–Crippen MR) is 117 cm³/mol. The van der Waals surface area contributed by atoms with Crippen LogP contribution in [-0.4, -0.2) is 18.9 Å². The summed E-state index contributed by atoms with van der Waals surface area (Å²) in [7, 11) is -2.97. The van der Waals surface area contributed by atoms with Crippen molar-refractivity contribution in [2.75, 3.05) is 5.75 Å². The molecular formula is C24H40O2S. The Bertz CT molecular complexity index is 662. The van der Waals surface area contributed by atoms with Gasteiger partial charge in [-0.15, -0.1) is 0 Å². The number of hydrogen-bond acceptors (Lipinski definition) is 2. The van der Waals surface area contributed by atoms with Gasteiger partial charge in [0.15, 0.2) is 9.84 Å². The first kappa shape index (κ1) is 22.5. The highest BCUT2D eigenvalue weighted by Crippen LogP contribution is 2.34. The van der Waals surface area contributed by atoms with Crippen LogP contribution in [0.25, 0.3) is 0 Å². The zero-order chi connectivity index (χ0) is 19.9. The van der Waals surface area contributed by atoms with Gasteiger partial charge in [0.2, 0.25) is 0 Å².